The molecular formula is C17H24BrClO2. The van der Waals surface area contributed by atoms with Crippen LogP contribution in [-0.2, 0) is 0 Å². The minimum Gasteiger partial charge on any atom is -0.493 e. The van der Waals surface area contributed by atoms with Gasteiger partial charge in [0.2, 0.25) is 0 Å². The molecule has 1 aliphatic carbocycles. The third kappa shape index (κ3) is 4.29. The zero-order valence-corrected chi connectivity index (χ0v) is 15.2. The summed E-state index contributed by atoms with van der Waals surface area (Å²) in [5, 5.41) is 0.747. The number of benzene rings is 1. The minimum atomic E-state index is 0.280. The zero-order valence-electron chi connectivity index (χ0n) is 12.8. The summed E-state index contributed by atoms with van der Waals surface area (Å²) in [6.07, 6.45) is 9.26. The van der Waals surface area contributed by atoms with Crippen LogP contribution in [0.4, 0.5) is 0 Å². The first-order chi connectivity index (χ1) is 10.2. The van der Waals surface area contributed by atoms with Gasteiger partial charge >= 0.3 is 0 Å². The van der Waals surface area contributed by atoms with Crippen molar-refractivity contribution in [2.75, 3.05) is 14.2 Å². The lowest BCUT2D eigenvalue weighted by Crippen LogP contribution is -2.11. The molecule has 118 valence electrons. The van der Waals surface area contributed by atoms with Gasteiger partial charge in [-0.05, 0) is 30.4 Å². The molecule has 1 atom stereocenters. The molecule has 1 unspecified atom stereocenters. The second kappa shape index (κ2) is 8.28. The first kappa shape index (κ1) is 17.0. The summed E-state index contributed by atoms with van der Waals surface area (Å²) < 4.78 is 10.7. The SMILES string of the molecule is COc1cc(Cl)c(C(Br)C2CCCCCCC2)cc1OC. The minimum absolute atomic E-state index is 0.280. The van der Waals surface area contributed by atoms with Crippen LogP contribution in [0, 0.1) is 5.92 Å². The molecule has 4 heteroatoms. The number of ether oxygens (including phenoxy) is 2. The summed E-state index contributed by atoms with van der Waals surface area (Å²) in [7, 11) is 3.29. The van der Waals surface area contributed by atoms with Crippen LogP contribution in [0.25, 0.3) is 0 Å². The number of hydrogen-bond acceptors (Lipinski definition) is 2. The van der Waals surface area contributed by atoms with Gasteiger partial charge in [-0.1, -0.05) is 59.6 Å². The normalized spacial score (nSPS) is 18.7. The zero-order chi connectivity index (χ0) is 15.2. The fraction of sp³-hybridized carbons (Fsp3) is 0.647. The van der Waals surface area contributed by atoms with E-state index in [1.165, 1.54) is 44.9 Å². The van der Waals surface area contributed by atoms with E-state index < -0.39 is 0 Å². The fourth-order valence-corrected chi connectivity index (χ4v) is 4.43. The molecule has 0 aliphatic heterocycles. The van der Waals surface area contributed by atoms with E-state index in [2.05, 4.69) is 15.9 Å². The van der Waals surface area contributed by atoms with Crippen LogP contribution in [-0.4, -0.2) is 14.2 Å². The lowest BCUT2D eigenvalue weighted by Gasteiger charge is -2.26. The standard InChI is InChI=1S/C17H24BrClO2/c1-20-15-10-13(14(19)11-16(15)21-2)17(18)12-8-6-4-3-5-7-9-12/h10-12,17H,3-9H2,1-2H3. The summed E-state index contributed by atoms with van der Waals surface area (Å²) in [4.78, 5) is 0.280. The van der Waals surface area contributed by atoms with Crippen LogP contribution < -0.4 is 9.47 Å². The van der Waals surface area contributed by atoms with Gasteiger partial charge in [0.25, 0.3) is 0 Å². The van der Waals surface area contributed by atoms with Gasteiger partial charge in [0.05, 0.1) is 14.2 Å². The maximum Gasteiger partial charge on any atom is 0.162 e. The Morgan fingerprint density at radius 3 is 2.10 bits per heavy atom. The number of rotatable bonds is 4. The van der Waals surface area contributed by atoms with Crippen LogP contribution in [0.1, 0.15) is 55.3 Å². The van der Waals surface area contributed by atoms with Gasteiger partial charge < -0.3 is 9.47 Å². The van der Waals surface area contributed by atoms with Gasteiger partial charge in [-0.2, -0.15) is 0 Å². The highest BCUT2D eigenvalue weighted by molar-refractivity contribution is 9.09. The molecule has 1 aromatic carbocycles. The Labute approximate surface area is 141 Å². The maximum absolute atomic E-state index is 6.46. The number of alkyl halides is 1. The molecule has 2 nitrogen and oxygen atoms in total. The summed E-state index contributed by atoms with van der Waals surface area (Å²) >= 11 is 10.3. The average Bonchev–Trinajstić information content (AvgIpc) is 2.46. The maximum atomic E-state index is 6.46. The molecule has 0 spiro atoms. The van der Waals surface area contributed by atoms with E-state index in [0.29, 0.717) is 11.7 Å². The molecule has 21 heavy (non-hydrogen) atoms. The predicted molar refractivity (Wildman–Crippen MR) is 92.0 cm³/mol. The third-order valence-electron chi connectivity index (χ3n) is 4.36. The lowest BCUT2D eigenvalue weighted by atomic mass is 9.86. The Morgan fingerprint density at radius 2 is 1.52 bits per heavy atom. The highest BCUT2D eigenvalue weighted by Gasteiger charge is 2.24. The first-order valence-corrected chi connectivity index (χ1v) is 9.02. The summed E-state index contributed by atoms with van der Waals surface area (Å²) in [5.41, 5.74) is 1.11. The van der Waals surface area contributed by atoms with E-state index in [4.69, 9.17) is 21.1 Å². The first-order valence-electron chi connectivity index (χ1n) is 7.73. The van der Waals surface area contributed by atoms with Crippen LogP contribution in [0.3, 0.4) is 0 Å². The molecule has 0 heterocycles. The fourth-order valence-electron chi connectivity index (χ4n) is 3.12. The van der Waals surface area contributed by atoms with Crippen molar-refractivity contribution in [2.45, 2.75) is 49.8 Å². The smallest absolute Gasteiger partial charge is 0.162 e. The van der Waals surface area contributed by atoms with Crippen LogP contribution >= 0.6 is 27.5 Å². The van der Waals surface area contributed by atoms with Crippen LogP contribution in [0.15, 0.2) is 12.1 Å². The monoisotopic (exact) mass is 374 g/mol. The number of halogens is 2. The van der Waals surface area contributed by atoms with Gasteiger partial charge in [-0.3, -0.25) is 0 Å². The van der Waals surface area contributed by atoms with Crippen molar-refractivity contribution in [3.05, 3.63) is 22.7 Å². The van der Waals surface area contributed by atoms with Gasteiger partial charge in [-0.15, -0.1) is 0 Å². The second-order valence-electron chi connectivity index (χ2n) is 5.74. The summed E-state index contributed by atoms with van der Waals surface area (Å²) in [6, 6.07) is 3.87. The van der Waals surface area contributed by atoms with Gasteiger partial charge in [0.15, 0.2) is 11.5 Å². The highest BCUT2D eigenvalue weighted by atomic mass is 79.9. The van der Waals surface area contributed by atoms with Gasteiger partial charge in [-0.25, -0.2) is 0 Å². The average molecular weight is 376 g/mol. The van der Waals surface area contributed by atoms with Gasteiger partial charge in [0.1, 0.15) is 0 Å². The second-order valence-corrected chi connectivity index (χ2v) is 7.13. The molecule has 0 aromatic heterocycles. The Bertz CT molecular complexity index is 456. The van der Waals surface area contributed by atoms with E-state index in [1.54, 1.807) is 14.2 Å². The van der Waals surface area contributed by atoms with Crippen molar-refractivity contribution >= 4 is 27.5 Å². The molecule has 0 radical (unpaired) electrons. The van der Waals surface area contributed by atoms with Crippen molar-refractivity contribution in [3.63, 3.8) is 0 Å². The molecule has 1 aromatic rings. The molecular weight excluding hydrogens is 352 g/mol. The van der Waals surface area contributed by atoms with Crippen molar-refractivity contribution in [2.24, 2.45) is 5.92 Å². The topological polar surface area (TPSA) is 18.5 Å². The molecule has 2 rings (SSSR count). The summed E-state index contributed by atoms with van der Waals surface area (Å²) in [5.74, 6) is 2.07. The predicted octanol–water partition coefficient (Wildman–Crippen LogP) is 6.15. The van der Waals surface area contributed by atoms with Crippen molar-refractivity contribution in [3.8, 4) is 11.5 Å². The van der Waals surface area contributed by atoms with Crippen molar-refractivity contribution in [1.82, 2.24) is 0 Å². The number of methoxy groups -OCH3 is 2. The Morgan fingerprint density at radius 1 is 1.00 bits per heavy atom. The van der Waals surface area contributed by atoms with Crippen LogP contribution in [0.5, 0.6) is 11.5 Å². The van der Waals surface area contributed by atoms with E-state index in [1.807, 2.05) is 12.1 Å². The van der Waals surface area contributed by atoms with Gasteiger partial charge in [0, 0.05) is 15.9 Å². The third-order valence-corrected chi connectivity index (χ3v) is 5.93. The van der Waals surface area contributed by atoms with Crippen LogP contribution in [0.2, 0.25) is 5.02 Å². The van der Waals surface area contributed by atoms with Crippen molar-refractivity contribution < 1.29 is 9.47 Å². The summed E-state index contributed by atoms with van der Waals surface area (Å²) in [6.45, 7) is 0. The molecule has 1 saturated carbocycles. The Hall–Kier alpha value is -0.410. The largest absolute Gasteiger partial charge is 0.493 e. The molecule has 0 bridgehead atoms. The molecule has 0 amide bonds. The Kier molecular flexibility index (Phi) is 6.69. The lowest BCUT2D eigenvalue weighted by molar-refractivity contribution is 0.352. The Balaban J connectivity index is 2.22. The molecule has 1 fully saturated rings. The van der Waals surface area contributed by atoms with E-state index in [0.717, 1.165) is 16.3 Å². The van der Waals surface area contributed by atoms with E-state index >= 15 is 0 Å². The number of hydrogen-bond donors (Lipinski definition) is 0. The molecule has 1 aliphatic rings. The van der Waals surface area contributed by atoms with E-state index in [-0.39, 0.29) is 4.83 Å². The molecule has 0 saturated heterocycles. The highest BCUT2D eigenvalue weighted by Crippen LogP contribution is 2.44. The molecule has 0 N–H and O–H groups in total. The van der Waals surface area contributed by atoms with E-state index in [9.17, 15) is 0 Å². The quantitative estimate of drug-likeness (QED) is 0.587. The van der Waals surface area contributed by atoms with Crippen molar-refractivity contribution in [1.29, 1.82) is 0 Å².